The first-order valence-electron chi connectivity index (χ1n) is 5.60. The molecule has 4 nitrogen and oxygen atoms in total. The first-order chi connectivity index (χ1) is 8.17. The summed E-state index contributed by atoms with van der Waals surface area (Å²) in [4.78, 5) is 2.29. The molecule has 0 unspecified atom stereocenters. The topological polar surface area (TPSA) is 53.6 Å². The SMILES string of the molecule is CCN(CC)c1ccc(/C=N\NC(N)=S)cc1. The number of benzene rings is 1. The molecule has 0 heterocycles. The normalized spacial score (nSPS) is 10.5. The maximum atomic E-state index is 5.26. The molecule has 5 heteroatoms. The largest absolute Gasteiger partial charge is 0.375 e. The molecule has 0 amide bonds. The minimum Gasteiger partial charge on any atom is -0.375 e. The molecule has 0 radical (unpaired) electrons. The second-order valence-corrected chi connectivity index (χ2v) is 3.94. The zero-order valence-corrected chi connectivity index (χ0v) is 11.0. The quantitative estimate of drug-likeness (QED) is 0.474. The van der Waals surface area contributed by atoms with Crippen LogP contribution < -0.4 is 16.1 Å². The molecular formula is C12H18N4S. The van der Waals surface area contributed by atoms with Crippen LogP contribution in [0.25, 0.3) is 0 Å². The highest BCUT2D eigenvalue weighted by atomic mass is 32.1. The number of hydrazone groups is 1. The Balaban J connectivity index is 2.67. The molecule has 1 aromatic carbocycles. The Bertz CT molecular complexity index is 382. The number of nitrogens with one attached hydrogen (secondary N) is 1. The van der Waals surface area contributed by atoms with Crippen LogP contribution in [0.1, 0.15) is 19.4 Å². The van der Waals surface area contributed by atoms with Gasteiger partial charge in [0.1, 0.15) is 0 Å². The van der Waals surface area contributed by atoms with Crippen molar-refractivity contribution < 1.29 is 0 Å². The van der Waals surface area contributed by atoms with Crippen LogP contribution in [0.15, 0.2) is 29.4 Å². The van der Waals surface area contributed by atoms with Crippen molar-refractivity contribution in [1.82, 2.24) is 5.43 Å². The molecule has 0 aliphatic heterocycles. The van der Waals surface area contributed by atoms with E-state index >= 15 is 0 Å². The van der Waals surface area contributed by atoms with Crippen molar-refractivity contribution in [3.8, 4) is 0 Å². The summed E-state index contributed by atoms with van der Waals surface area (Å²) in [7, 11) is 0. The lowest BCUT2D eigenvalue weighted by Gasteiger charge is -2.20. The van der Waals surface area contributed by atoms with Crippen molar-refractivity contribution in [3.05, 3.63) is 29.8 Å². The number of nitrogens with zero attached hydrogens (tertiary/aromatic N) is 2. The van der Waals surface area contributed by atoms with Crippen LogP contribution in [0, 0.1) is 0 Å². The van der Waals surface area contributed by atoms with Gasteiger partial charge in [-0.2, -0.15) is 5.10 Å². The van der Waals surface area contributed by atoms with Crippen LogP contribution in [-0.4, -0.2) is 24.4 Å². The third kappa shape index (κ3) is 4.40. The van der Waals surface area contributed by atoms with Crippen LogP contribution in [0.2, 0.25) is 0 Å². The Kier molecular flexibility index (Phi) is 5.42. The fraction of sp³-hybridized carbons (Fsp3) is 0.333. The van der Waals surface area contributed by atoms with E-state index in [1.807, 2.05) is 12.1 Å². The molecule has 17 heavy (non-hydrogen) atoms. The summed E-state index contributed by atoms with van der Waals surface area (Å²) in [6.07, 6.45) is 1.69. The van der Waals surface area contributed by atoms with Crippen molar-refractivity contribution in [3.63, 3.8) is 0 Å². The predicted molar refractivity (Wildman–Crippen MR) is 77.5 cm³/mol. The predicted octanol–water partition coefficient (Wildman–Crippen LogP) is 1.70. The number of rotatable bonds is 5. The maximum Gasteiger partial charge on any atom is 0.184 e. The number of anilines is 1. The molecule has 0 atom stereocenters. The van der Waals surface area contributed by atoms with E-state index in [2.05, 4.69) is 53.6 Å². The fourth-order valence-electron chi connectivity index (χ4n) is 1.53. The standard InChI is InChI=1S/C12H18N4S/c1-3-16(4-2)11-7-5-10(6-8-11)9-14-15-12(13)17/h5-9H,3-4H2,1-2H3,(H3,13,15,17)/b14-9-. The first kappa shape index (κ1) is 13.4. The lowest BCUT2D eigenvalue weighted by molar-refractivity contribution is 0.866. The molecule has 0 saturated heterocycles. The second kappa shape index (κ2) is 6.85. The molecule has 1 rings (SSSR count). The molecular weight excluding hydrogens is 232 g/mol. The zero-order valence-electron chi connectivity index (χ0n) is 10.2. The van der Waals surface area contributed by atoms with Gasteiger partial charge in [-0.3, -0.25) is 5.43 Å². The Labute approximate surface area is 107 Å². The van der Waals surface area contributed by atoms with E-state index in [4.69, 9.17) is 5.73 Å². The maximum absolute atomic E-state index is 5.26. The Morgan fingerprint density at radius 2 is 1.94 bits per heavy atom. The van der Waals surface area contributed by atoms with Crippen molar-refractivity contribution in [2.24, 2.45) is 10.8 Å². The zero-order chi connectivity index (χ0) is 12.7. The van der Waals surface area contributed by atoms with Crippen LogP contribution in [-0.2, 0) is 0 Å². The fourth-order valence-corrected chi connectivity index (χ4v) is 1.58. The molecule has 3 N–H and O–H groups in total. The second-order valence-electron chi connectivity index (χ2n) is 3.50. The smallest absolute Gasteiger partial charge is 0.184 e. The van der Waals surface area contributed by atoms with Gasteiger partial charge >= 0.3 is 0 Å². The highest BCUT2D eigenvalue weighted by molar-refractivity contribution is 7.80. The summed E-state index contributed by atoms with van der Waals surface area (Å²) in [5.41, 5.74) is 10.00. The van der Waals surface area contributed by atoms with Gasteiger partial charge in [0.25, 0.3) is 0 Å². The number of thiocarbonyl (C=S) groups is 1. The summed E-state index contributed by atoms with van der Waals surface area (Å²) >= 11 is 4.64. The van der Waals surface area contributed by atoms with Crippen LogP contribution in [0.3, 0.4) is 0 Å². The Morgan fingerprint density at radius 3 is 2.41 bits per heavy atom. The summed E-state index contributed by atoms with van der Waals surface area (Å²) in [6.45, 7) is 6.30. The van der Waals surface area contributed by atoms with E-state index in [-0.39, 0.29) is 5.11 Å². The number of nitrogens with two attached hydrogens (primary N) is 1. The summed E-state index contributed by atoms with van der Waals surface area (Å²) < 4.78 is 0. The molecule has 0 aromatic heterocycles. The van der Waals surface area contributed by atoms with Gasteiger partial charge in [-0.05, 0) is 43.8 Å². The molecule has 0 aliphatic rings. The van der Waals surface area contributed by atoms with E-state index in [1.54, 1.807) is 6.21 Å². The highest BCUT2D eigenvalue weighted by Gasteiger charge is 2.00. The minimum absolute atomic E-state index is 0.168. The van der Waals surface area contributed by atoms with E-state index in [0.29, 0.717) is 0 Å². The van der Waals surface area contributed by atoms with Gasteiger partial charge in [0.05, 0.1) is 6.21 Å². The Hall–Kier alpha value is -1.62. The lowest BCUT2D eigenvalue weighted by atomic mass is 10.2. The molecule has 1 aromatic rings. The van der Waals surface area contributed by atoms with E-state index < -0.39 is 0 Å². The highest BCUT2D eigenvalue weighted by Crippen LogP contribution is 2.13. The van der Waals surface area contributed by atoms with E-state index in [1.165, 1.54) is 5.69 Å². The van der Waals surface area contributed by atoms with Gasteiger partial charge in [-0.1, -0.05) is 12.1 Å². The van der Waals surface area contributed by atoms with E-state index in [9.17, 15) is 0 Å². The van der Waals surface area contributed by atoms with Crippen molar-refractivity contribution in [2.45, 2.75) is 13.8 Å². The Morgan fingerprint density at radius 1 is 1.35 bits per heavy atom. The van der Waals surface area contributed by atoms with Gasteiger partial charge in [0, 0.05) is 18.8 Å². The summed E-state index contributed by atoms with van der Waals surface area (Å²) in [5.74, 6) is 0. The molecule has 0 fully saturated rings. The monoisotopic (exact) mass is 250 g/mol. The third-order valence-corrected chi connectivity index (χ3v) is 2.50. The molecule has 0 aliphatic carbocycles. The van der Waals surface area contributed by atoms with Gasteiger partial charge in [0.2, 0.25) is 0 Å². The van der Waals surface area contributed by atoms with Crippen LogP contribution in [0.4, 0.5) is 5.69 Å². The molecule has 0 spiro atoms. The average molecular weight is 250 g/mol. The summed E-state index contributed by atoms with van der Waals surface area (Å²) in [5, 5.41) is 4.07. The van der Waals surface area contributed by atoms with Crippen LogP contribution in [0.5, 0.6) is 0 Å². The third-order valence-electron chi connectivity index (χ3n) is 2.41. The molecule has 92 valence electrons. The van der Waals surface area contributed by atoms with Crippen LogP contribution >= 0.6 is 12.2 Å². The van der Waals surface area contributed by atoms with Crippen molar-refractivity contribution >= 4 is 29.2 Å². The first-order valence-corrected chi connectivity index (χ1v) is 6.01. The van der Waals surface area contributed by atoms with Gasteiger partial charge in [0.15, 0.2) is 5.11 Å². The van der Waals surface area contributed by atoms with Gasteiger partial charge in [-0.15, -0.1) is 0 Å². The average Bonchev–Trinajstić information content (AvgIpc) is 2.32. The van der Waals surface area contributed by atoms with Crippen molar-refractivity contribution in [1.29, 1.82) is 0 Å². The molecule has 0 saturated carbocycles. The van der Waals surface area contributed by atoms with E-state index in [0.717, 1.165) is 18.7 Å². The summed E-state index contributed by atoms with van der Waals surface area (Å²) in [6, 6.07) is 8.18. The minimum atomic E-state index is 0.168. The number of hydrogen-bond donors (Lipinski definition) is 2. The molecule has 0 bridgehead atoms. The van der Waals surface area contributed by atoms with Gasteiger partial charge in [-0.25, -0.2) is 0 Å². The van der Waals surface area contributed by atoms with Gasteiger partial charge < -0.3 is 10.6 Å². The number of hydrogen-bond acceptors (Lipinski definition) is 3. The van der Waals surface area contributed by atoms with Crippen molar-refractivity contribution in [2.75, 3.05) is 18.0 Å². The lowest BCUT2D eigenvalue weighted by Crippen LogP contribution is -2.24.